The van der Waals surface area contributed by atoms with Crippen LogP contribution in [0.1, 0.15) is 25.0 Å². The lowest BCUT2D eigenvalue weighted by atomic mass is 10.0. The second kappa shape index (κ2) is 12.3. The zero-order valence-corrected chi connectivity index (χ0v) is 25.0. The number of anilines is 1. The van der Waals surface area contributed by atoms with E-state index in [4.69, 9.17) is 0 Å². The average Bonchev–Trinajstić information content (AvgIpc) is 3.24. The van der Waals surface area contributed by atoms with Gasteiger partial charge < -0.3 is 28.9 Å². The highest BCUT2D eigenvalue weighted by atomic mass is 127. The molecule has 1 aromatic heterocycles. The first-order valence-corrected chi connectivity index (χ1v) is 13.5. The van der Waals surface area contributed by atoms with Crippen LogP contribution in [-0.2, 0) is 13.6 Å². The highest BCUT2D eigenvalue weighted by Gasteiger charge is 2.20. The molecule has 0 aliphatic carbocycles. The molecule has 0 saturated heterocycles. The monoisotopic (exact) mass is 619 g/mol. The van der Waals surface area contributed by atoms with Crippen LogP contribution in [0.2, 0.25) is 0 Å². The van der Waals surface area contributed by atoms with Gasteiger partial charge in [0, 0.05) is 36.2 Å². The van der Waals surface area contributed by atoms with Gasteiger partial charge in [0.05, 0.1) is 16.1 Å². The first kappa shape index (κ1) is 27.4. The Balaban J connectivity index is 0.00000320. The molecule has 3 nitrogen and oxygen atoms in total. The molecular formula is C32H34IN3S. The Kier molecular flexibility index (Phi) is 9.11. The van der Waals surface area contributed by atoms with Crippen molar-refractivity contribution in [3.8, 4) is 11.3 Å². The quantitative estimate of drug-likeness (QED) is 0.226. The molecule has 0 atom stereocenters. The number of halogens is 1. The van der Waals surface area contributed by atoms with Crippen molar-refractivity contribution in [3.05, 3.63) is 107 Å². The Labute approximate surface area is 242 Å². The standard InChI is InChI=1S/C32H34N3S.HI/c1-5-35(6-2)23-24-18-20-25(21-19-24)30-22-26(27-13-7-8-14-28(27)33(30)3)12-11-17-32-34(4)29-15-9-10-16-31(29)36-32;/h7-22H,5-6,23H2,1-4H3;1H/q+1;/p-1. The smallest absolute Gasteiger partial charge is 0.213 e. The highest BCUT2D eigenvalue weighted by molar-refractivity contribution is 8.03. The summed E-state index contributed by atoms with van der Waals surface area (Å²) >= 11 is 1.82. The minimum absolute atomic E-state index is 0. The van der Waals surface area contributed by atoms with Crippen LogP contribution < -0.4 is 33.4 Å². The molecule has 0 spiro atoms. The van der Waals surface area contributed by atoms with E-state index < -0.39 is 0 Å². The maximum Gasteiger partial charge on any atom is 0.213 e. The van der Waals surface area contributed by atoms with Gasteiger partial charge in [0.15, 0.2) is 0 Å². The third-order valence-corrected chi connectivity index (χ3v) is 8.25. The number of rotatable bonds is 7. The van der Waals surface area contributed by atoms with Crippen molar-refractivity contribution in [2.24, 2.45) is 7.05 Å². The largest absolute Gasteiger partial charge is 1.00 e. The molecule has 0 fully saturated rings. The Morgan fingerprint density at radius 2 is 1.62 bits per heavy atom. The van der Waals surface area contributed by atoms with Gasteiger partial charge in [-0.1, -0.05) is 74.2 Å². The predicted molar refractivity (Wildman–Crippen MR) is 155 cm³/mol. The summed E-state index contributed by atoms with van der Waals surface area (Å²) in [6.07, 6.45) is 6.64. The Morgan fingerprint density at radius 1 is 0.919 bits per heavy atom. The van der Waals surface area contributed by atoms with Gasteiger partial charge in [-0.25, -0.2) is 0 Å². The maximum atomic E-state index is 2.45. The van der Waals surface area contributed by atoms with Crippen LogP contribution in [0.3, 0.4) is 0 Å². The lowest BCUT2D eigenvalue weighted by Gasteiger charge is -2.18. The zero-order chi connectivity index (χ0) is 25.1. The number of thioether (sulfide) groups is 1. The van der Waals surface area contributed by atoms with Crippen molar-refractivity contribution in [1.82, 2.24) is 4.90 Å². The van der Waals surface area contributed by atoms with Crippen molar-refractivity contribution in [2.75, 3.05) is 25.0 Å². The number of fused-ring (bicyclic) bond motifs is 2. The molecule has 5 rings (SSSR count). The van der Waals surface area contributed by atoms with E-state index in [2.05, 4.69) is 139 Å². The molecule has 1 aliphatic rings. The predicted octanol–water partition coefficient (Wildman–Crippen LogP) is 4.27. The fourth-order valence-corrected chi connectivity index (χ4v) is 5.93. The Hall–Kier alpha value is -2.61. The molecule has 2 heterocycles. The topological polar surface area (TPSA) is 10.4 Å². The van der Waals surface area contributed by atoms with E-state index in [9.17, 15) is 0 Å². The SMILES string of the molecule is CCN(CC)Cc1ccc(-c2cc(/C=C/C=C3/Sc4ccccc4N3C)c3ccccc3[n+]2C)cc1.[I-]. The van der Waals surface area contributed by atoms with E-state index in [1.807, 2.05) is 11.8 Å². The third kappa shape index (κ3) is 5.79. The number of para-hydroxylation sites is 2. The minimum atomic E-state index is 0. The number of pyridine rings is 1. The van der Waals surface area contributed by atoms with Gasteiger partial charge in [-0.15, -0.1) is 0 Å². The molecule has 0 unspecified atom stereocenters. The van der Waals surface area contributed by atoms with Gasteiger partial charge in [-0.2, -0.15) is 4.57 Å². The molecule has 37 heavy (non-hydrogen) atoms. The Bertz CT molecular complexity index is 1440. The van der Waals surface area contributed by atoms with Crippen molar-refractivity contribution in [2.45, 2.75) is 25.3 Å². The molecule has 0 radical (unpaired) electrons. The summed E-state index contributed by atoms with van der Waals surface area (Å²) in [5, 5.41) is 2.49. The summed E-state index contributed by atoms with van der Waals surface area (Å²) in [4.78, 5) is 6.02. The molecule has 4 aromatic rings. The van der Waals surface area contributed by atoms with Crippen LogP contribution in [0.5, 0.6) is 0 Å². The normalized spacial score (nSPS) is 14.1. The van der Waals surface area contributed by atoms with Crippen molar-refractivity contribution >= 4 is 34.4 Å². The number of hydrogen-bond acceptors (Lipinski definition) is 3. The van der Waals surface area contributed by atoms with Crippen LogP contribution in [-0.4, -0.2) is 25.0 Å². The van der Waals surface area contributed by atoms with Gasteiger partial charge in [-0.05, 0) is 60.6 Å². The summed E-state index contributed by atoms with van der Waals surface area (Å²) in [7, 11) is 4.30. The molecule has 1 aliphatic heterocycles. The van der Waals surface area contributed by atoms with E-state index in [0.29, 0.717) is 0 Å². The molecule has 3 aromatic carbocycles. The van der Waals surface area contributed by atoms with Crippen molar-refractivity contribution in [1.29, 1.82) is 0 Å². The van der Waals surface area contributed by atoms with Crippen LogP contribution in [0.25, 0.3) is 28.2 Å². The lowest BCUT2D eigenvalue weighted by molar-refractivity contribution is -0.633. The molecule has 190 valence electrons. The molecule has 0 saturated carbocycles. The number of aryl methyl sites for hydroxylation is 1. The molecular weight excluding hydrogens is 585 g/mol. The van der Waals surface area contributed by atoms with Crippen molar-refractivity contribution < 1.29 is 28.5 Å². The second-order valence-corrected chi connectivity index (χ2v) is 10.3. The van der Waals surface area contributed by atoms with Gasteiger partial charge in [0.2, 0.25) is 11.2 Å². The lowest BCUT2D eigenvalue weighted by Crippen LogP contribution is -3.00. The highest BCUT2D eigenvalue weighted by Crippen LogP contribution is 2.44. The van der Waals surface area contributed by atoms with Gasteiger partial charge >= 0.3 is 0 Å². The van der Waals surface area contributed by atoms with E-state index in [0.717, 1.165) is 19.6 Å². The van der Waals surface area contributed by atoms with E-state index in [1.54, 1.807) is 0 Å². The number of benzene rings is 3. The fraction of sp³-hybridized carbons (Fsp3) is 0.219. The molecule has 0 bridgehead atoms. The Morgan fingerprint density at radius 3 is 2.35 bits per heavy atom. The summed E-state index contributed by atoms with van der Waals surface area (Å²) in [5.41, 5.74) is 7.54. The first-order chi connectivity index (χ1) is 17.6. The fourth-order valence-electron chi connectivity index (χ4n) is 4.86. The third-order valence-electron chi connectivity index (χ3n) is 7.07. The number of aromatic nitrogens is 1. The van der Waals surface area contributed by atoms with Crippen molar-refractivity contribution in [3.63, 3.8) is 0 Å². The van der Waals surface area contributed by atoms with Crippen LogP contribution >= 0.6 is 11.8 Å². The first-order valence-electron chi connectivity index (χ1n) is 12.7. The summed E-state index contributed by atoms with van der Waals surface area (Å²) in [6.45, 7) is 7.59. The number of hydrogen-bond donors (Lipinski definition) is 0. The van der Waals surface area contributed by atoms with E-state index in [-0.39, 0.29) is 24.0 Å². The average molecular weight is 620 g/mol. The number of nitrogens with zero attached hydrogens (tertiary/aromatic N) is 3. The summed E-state index contributed by atoms with van der Waals surface area (Å²) in [6, 6.07) is 28.6. The van der Waals surface area contributed by atoms with Gasteiger partial charge in [-0.3, -0.25) is 4.90 Å². The van der Waals surface area contributed by atoms with Crippen LogP contribution in [0.4, 0.5) is 5.69 Å². The van der Waals surface area contributed by atoms with Gasteiger partial charge in [0.25, 0.3) is 0 Å². The maximum absolute atomic E-state index is 2.45. The molecule has 5 heteroatoms. The summed E-state index contributed by atoms with van der Waals surface area (Å²) < 4.78 is 2.31. The van der Waals surface area contributed by atoms with E-state index in [1.165, 1.54) is 48.9 Å². The van der Waals surface area contributed by atoms with Crippen LogP contribution in [0.15, 0.2) is 101 Å². The molecule has 0 amide bonds. The second-order valence-electron chi connectivity index (χ2n) is 9.21. The molecule has 0 N–H and O–H groups in total. The summed E-state index contributed by atoms with van der Waals surface area (Å²) in [5.74, 6) is 0. The van der Waals surface area contributed by atoms with Crippen LogP contribution in [0, 0.1) is 0 Å². The zero-order valence-electron chi connectivity index (χ0n) is 22.0. The minimum Gasteiger partial charge on any atom is -1.00 e. The number of allylic oxidation sites excluding steroid dienone is 2. The van der Waals surface area contributed by atoms with Gasteiger partial charge in [0.1, 0.15) is 7.05 Å². The van der Waals surface area contributed by atoms with E-state index >= 15 is 0 Å².